The van der Waals surface area contributed by atoms with Gasteiger partial charge in [0.1, 0.15) is 5.75 Å². The van der Waals surface area contributed by atoms with Gasteiger partial charge in [0.05, 0.1) is 19.2 Å². The van der Waals surface area contributed by atoms with Crippen molar-refractivity contribution in [1.82, 2.24) is 4.57 Å². The molecule has 0 amide bonds. The van der Waals surface area contributed by atoms with Crippen LogP contribution in [0.25, 0.3) is 10.9 Å². The van der Waals surface area contributed by atoms with E-state index in [2.05, 4.69) is 11.3 Å². The van der Waals surface area contributed by atoms with Gasteiger partial charge in [0.15, 0.2) is 5.54 Å². The van der Waals surface area contributed by atoms with Gasteiger partial charge in [-0.3, -0.25) is 0 Å². The Hall–Kier alpha value is -1.98. The molecule has 0 spiro atoms. The minimum absolute atomic E-state index is 0. The molecule has 0 radical (unpaired) electrons. The minimum Gasteiger partial charge on any atom is -0.506 e. The number of carbonyl (C=O) groups is 1. The van der Waals surface area contributed by atoms with Crippen LogP contribution in [0.4, 0.5) is 0 Å². The third kappa shape index (κ3) is 2.64. The molecule has 0 fully saturated rings. The molecule has 0 aliphatic rings. The average Bonchev–Trinajstić information content (AvgIpc) is 2.75. The van der Waals surface area contributed by atoms with Crippen LogP contribution in [-0.4, -0.2) is 28.3 Å². The highest BCUT2D eigenvalue weighted by atomic mass is 35.5. The van der Waals surface area contributed by atoms with Crippen molar-refractivity contribution in [3.8, 4) is 5.75 Å². The molecular weight excluding hydrogens is 280 g/mol. The highest BCUT2D eigenvalue weighted by molar-refractivity contribution is 5.87. The molecule has 2 aromatic rings. The summed E-state index contributed by atoms with van der Waals surface area (Å²) in [7, 11) is 1.28. The maximum atomic E-state index is 11.7. The molecule has 0 saturated carbocycles. The van der Waals surface area contributed by atoms with Crippen molar-refractivity contribution in [2.24, 2.45) is 5.73 Å². The Labute approximate surface area is 123 Å². The molecule has 0 saturated heterocycles. The molecule has 1 atom stereocenters. The van der Waals surface area contributed by atoms with Crippen LogP contribution in [-0.2, 0) is 16.1 Å². The van der Waals surface area contributed by atoms with Gasteiger partial charge >= 0.3 is 5.97 Å². The standard InChI is InChI=1S/C14H16N2O3.ClH/c1-3-14(15,13(18)19-2)9-16-8-12(17)10-6-4-5-7-11(10)16;/h3-8,17H,1,9,15H2,2H3;1H. The zero-order valence-corrected chi connectivity index (χ0v) is 11.9. The van der Waals surface area contributed by atoms with Crippen molar-refractivity contribution >= 4 is 29.3 Å². The molecule has 1 heterocycles. The number of aromatic nitrogens is 1. The Morgan fingerprint density at radius 1 is 1.55 bits per heavy atom. The van der Waals surface area contributed by atoms with E-state index in [4.69, 9.17) is 5.73 Å². The number of halogens is 1. The molecule has 1 aromatic carbocycles. The van der Waals surface area contributed by atoms with Crippen molar-refractivity contribution in [2.45, 2.75) is 12.1 Å². The number of carbonyl (C=O) groups excluding carboxylic acids is 1. The maximum Gasteiger partial charge on any atom is 0.331 e. The fourth-order valence-corrected chi connectivity index (χ4v) is 2.04. The molecule has 3 N–H and O–H groups in total. The number of benzene rings is 1. The number of rotatable bonds is 4. The van der Waals surface area contributed by atoms with Gasteiger partial charge in [0.2, 0.25) is 0 Å². The first kappa shape index (κ1) is 16.1. The second-order valence-corrected chi connectivity index (χ2v) is 4.40. The molecule has 0 bridgehead atoms. The van der Waals surface area contributed by atoms with E-state index in [0.717, 1.165) is 5.52 Å². The van der Waals surface area contributed by atoms with Crippen LogP contribution in [0.2, 0.25) is 0 Å². The van der Waals surface area contributed by atoms with E-state index in [9.17, 15) is 9.90 Å². The maximum absolute atomic E-state index is 11.7. The summed E-state index contributed by atoms with van der Waals surface area (Å²) in [6.45, 7) is 3.73. The molecule has 0 aliphatic heterocycles. The molecule has 2 rings (SSSR count). The summed E-state index contributed by atoms with van der Waals surface area (Å²) >= 11 is 0. The number of hydrogen-bond acceptors (Lipinski definition) is 4. The lowest BCUT2D eigenvalue weighted by Crippen LogP contribution is -2.50. The van der Waals surface area contributed by atoms with Crippen LogP contribution in [0.15, 0.2) is 43.1 Å². The predicted molar refractivity (Wildman–Crippen MR) is 80.0 cm³/mol. The summed E-state index contributed by atoms with van der Waals surface area (Å²) in [6, 6.07) is 7.32. The van der Waals surface area contributed by atoms with E-state index in [0.29, 0.717) is 5.39 Å². The van der Waals surface area contributed by atoms with E-state index in [1.54, 1.807) is 16.8 Å². The summed E-state index contributed by atoms with van der Waals surface area (Å²) < 4.78 is 6.40. The smallest absolute Gasteiger partial charge is 0.331 e. The number of nitrogens with zero attached hydrogens (tertiary/aromatic N) is 1. The normalized spacial score (nSPS) is 13.3. The Morgan fingerprint density at radius 3 is 2.80 bits per heavy atom. The fraction of sp³-hybridized carbons (Fsp3) is 0.214. The Bertz CT molecular complexity index is 638. The second kappa shape index (κ2) is 5.98. The Morgan fingerprint density at radius 2 is 2.20 bits per heavy atom. The number of hydrogen-bond donors (Lipinski definition) is 2. The Balaban J connectivity index is 0.00000200. The van der Waals surface area contributed by atoms with Crippen molar-refractivity contribution in [2.75, 3.05) is 7.11 Å². The third-order valence-electron chi connectivity index (χ3n) is 3.13. The summed E-state index contributed by atoms with van der Waals surface area (Å²) in [4.78, 5) is 11.7. The zero-order chi connectivity index (χ0) is 14.0. The number of fused-ring (bicyclic) bond motifs is 1. The largest absolute Gasteiger partial charge is 0.506 e. The highest BCUT2D eigenvalue weighted by Crippen LogP contribution is 2.27. The van der Waals surface area contributed by atoms with Gasteiger partial charge in [0, 0.05) is 11.6 Å². The minimum atomic E-state index is -1.33. The number of methoxy groups -OCH3 is 1. The number of aromatic hydroxyl groups is 1. The summed E-state index contributed by atoms with van der Waals surface area (Å²) in [5, 5.41) is 10.6. The van der Waals surface area contributed by atoms with E-state index >= 15 is 0 Å². The van der Waals surface area contributed by atoms with Crippen LogP contribution in [0, 0.1) is 0 Å². The summed E-state index contributed by atoms with van der Waals surface area (Å²) in [5.41, 5.74) is 5.45. The van der Waals surface area contributed by atoms with E-state index < -0.39 is 11.5 Å². The van der Waals surface area contributed by atoms with Crippen LogP contribution in [0.1, 0.15) is 0 Å². The molecule has 108 valence electrons. The number of esters is 1. The lowest BCUT2D eigenvalue weighted by molar-refractivity contribution is -0.145. The molecule has 1 aromatic heterocycles. The van der Waals surface area contributed by atoms with Crippen LogP contribution in [0.3, 0.4) is 0 Å². The van der Waals surface area contributed by atoms with Crippen LogP contribution in [0.5, 0.6) is 5.75 Å². The molecule has 5 nitrogen and oxygen atoms in total. The predicted octanol–water partition coefficient (Wildman–Crippen LogP) is 1.83. The average molecular weight is 297 g/mol. The van der Waals surface area contributed by atoms with E-state index in [1.807, 2.05) is 18.2 Å². The zero-order valence-electron chi connectivity index (χ0n) is 11.1. The first-order valence-electron chi connectivity index (χ1n) is 5.79. The van der Waals surface area contributed by atoms with Gasteiger partial charge in [-0.15, -0.1) is 19.0 Å². The second-order valence-electron chi connectivity index (χ2n) is 4.40. The molecule has 1 unspecified atom stereocenters. The number of ether oxygens (including phenoxy) is 1. The SMILES string of the molecule is C=CC(N)(Cn1cc(O)c2ccccc21)C(=O)OC.Cl. The quantitative estimate of drug-likeness (QED) is 0.666. The van der Waals surface area contributed by atoms with Crippen molar-refractivity contribution < 1.29 is 14.6 Å². The van der Waals surface area contributed by atoms with Crippen molar-refractivity contribution in [3.63, 3.8) is 0 Å². The lowest BCUT2D eigenvalue weighted by Gasteiger charge is -2.23. The lowest BCUT2D eigenvalue weighted by atomic mass is 10.0. The van der Waals surface area contributed by atoms with Gasteiger partial charge in [-0.2, -0.15) is 0 Å². The van der Waals surface area contributed by atoms with Crippen LogP contribution >= 0.6 is 12.4 Å². The topological polar surface area (TPSA) is 77.5 Å². The third-order valence-corrected chi connectivity index (χ3v) is 3.13. The number of nitrogens with two attached hydrogens (primary N) is 1. The fourth-order valence-electron chi connectivity index (χ4n) is 2.04. The summed E-state index contributed by atoms with van der Waals surface area (Å²) in [5.74, 6) is -0.424. The highest BCUT2D eigenvalue weighted by Gasteiger charge is 2.32. The molecular formula is C14H17ClN2O3. The van der Waals surface area contributed by atoms with Crippen LogP contribution < -0.4 is 5.73 Å². The van der Waals surface area contributed by atoms with Crippen molar-refractivity contribution in [1.29, 1.82) is 0 Å². The molecule has 0 aliphatic carbocycles. The molecule has 20 heavy (non-hydrogen) atoms. The Kier molecular flexibility index (Phi) is 4.81. The van der Waals surface area contributed by atoms with Gasteiger partial charge < -0.3 is 20.1 Å². The molecule has 6 heteroatoms. The first-order valence-corrected chi connectivity index (χ1v) is 5.79. The monoisotopic (exact) mass is 296 g/mol. The van der Waals surface area contributed by atoms with Crippen molar-refractivity contribution in [3.05, 3.63) is 43.1 Å². The number of para-hydroxylation sites is 1. The van der Waals surface area contributed by atoms with Gasteiger partial charge in [0.25, 0.3) is 0 Å². The summed E-state index contributed by atoms with van der Waals surface area (Å²) in [6.07, 6.45) is 2.89. The van der Waals surface area contributed by atoms with Gasteiger partial charge in [-0.1, -0.05) is 18.2 Å². The first-order chi connectivity index (χ1) is 9.01. The van der Waals surface area contributed by atoms with Gasteiger partial charge in [-0.25, -0.2) is 4.79 Å². The van der Waals surface area contributed by atoms with Gasteiger partial charge in [-0.05, 0) is 12.1 Å². The van der Waals surface area contributed by atoms with E-state index in [1.165, 1.54) is 13.2 Å². The van der Waals surface area contributed by atoms with E-state index in [-0.39, 0.29) is 24.7 Å².